The molecule has 2 aromatic heterocycles. The number of hydrogen-bond donors (Lipinski definition) is 1. The second-order valence-corrected chi connectivity index (χ2v) is 8.78. The van der Waals surface area contributed by atoms with Gasteiger partial charge in [0.2, 0.25) is 5.91 Å². The lowest BCUT2D eigenvalue weighted by atomic mass is 9.94. The number of piperidine rings is 1. The van der Waals surface area contributed by atoms with Gasteiger partial charge >= 0.3 is 6.18 Å². The Bertz CT molecular complexity index is 912. The van der Waals surface area contributed by atoms with E-state index < -0.39 is 12.2 Å². The van der Waals surface area contributed by atoms with Crippen LogP contribution in [-0.4, -0.2) is 44.3 Å². The number of carbonyl (C=O) groups excluding carboxylic acids is 1. The Morgan fingerprint density at radius 2 is 2.10 bits per heavy atom. The average Bonchev–Trinajstić information content (AvgIpc) is 3.17. The van der Waals surface area contributed by atoms with Crippen molar-refractivity contribution < 1.29 is 18.0 Å². The highest BCUT2D eigenvalue weighted by Gasteiger charge is 2.47. The zero-order chi connectivity index (χ0) is 22.2. The molecule has 2 aliphatic heterocycles. The highest BCUT2D eigenvalue weighted by atomic mass is 19.4. The number of aromatic nitrogens is 3. The Morgan fingerprint density at radius 3 is 2.77 bits per heavy atom. The molecule has 1 N–H and O–H groups in total. The minimum absolute atomic E-state index is 0.0533. The predicted molar refractivity (Wildman–Crippen MR) is 110 cm³/mol. The molecule has 1 amide bonds. The highest BCUT2D eigenvalue weighted by Crippen LogP contribution is 2.42. The number of halogens is 3. The van der Waals surface area contributed by atoms with Gasteiger partial charge in [-0.1, -0.05) is 19.9 Å². The van der Waals surface area contributed by atoms with Crippen LogP contribution in [0.1, 0.15) is 63.0 Å². The van der Waals surface area contributed by atoms with Crippen LogP contribution in [0.2, 0.25) is 0 Å². The topological polar surface area (TPSA) is 63.1 Å². The average molecular weight is 435 g/mol. The van der Waals surface area contributed by atoms with Crippen molar-refractivity contribution in [2.45, 2.75) is 70.3 Å². The van der Waals surface area contributed by atoms with Crippen molar-refractivity contribution in [3.8, 4) is 0 Å². The van der Waals surface area contributed by atoms with Gasteiger partial charge in [-0.15, -0.1) is 0 Å². The van der Waals surface area contributed by atoms with Gasteiger partial charge in [-0.25, -0.2) is 4.68 Å². The summed E-state index contributed by atoms with van der Waals surface area (Å²) in [6.07, 6.45) is -0.148. The summed E-state index contributed by atoms with van der Waals surface area (Å²) in [5, 5.41) is 7.61. The smallest absolute Gasteiger partial charge is 0.367 e. The summed E-state index contributed by atoms with van der Waals surface area (Å²) in [5.74, 6) is 0.364. The van der Waals surface area contributed by atoms with Crippen molar-refractivity contribution in [1.82, 2.24) is 19.7 Å². The van der Waals surface area contributed by atoms with Gasteiger partial charge in [0, 0.05) is 30.5 Å². The molecule has 2 aromatic rings. The number of nitrogens with zero attached hydrogens (tertiary/aromatic N) is 4. The third-order valence-electron chi connectivity index (χ3n) is 6.27. The van der Waals surface area contributed by atoms with Crippen molar-refractivity contribution in [1.29, 1.82) is 0 Å². The van der Waals surface area contributed by atoms with Crippen molar-refractivity contribution in [3.05, 3.63) is 41.9 Å². The first-order valence-electron chi connectivity index (χ1n) is 10.9. The molecular weight excluding hydrogens is 407 g/mol. The Kier molecular flexibility index (Phi) is 5.94. The number of pyridine rings is 1. The molecule has 0 aromatic carbocycles. The normalized spacial score (nSPS) is 24.1. The summed E-state index contributed by atoms with van der Waals surface area (Å²) >= 11 is 0. The highest BCUT2D eigenvalue weighted by molar-refractivity contribution is 5.79. The Morgan fingerprint density at radius 1 is 1.29 bits per heavy atom. The van der Waals surface area contributed by atoms with Crippen LogP contribution >= 0.6 is 0 Å². The summed E-state index contributed by atoms with van der Waals surface area (Å²) in [5.41, 5.74) is 1.20. The van der Waals surface area contributed by atoms with Crippen LogP contribution in [0.4, 0.5) is 19.0 Å². The number of fused-ring (bicyclic) bond motifs is 1. The van der Waals surface area contributed by atoms with Crippen molar-refractivity contribution in [2.24, 2.45) is 5.92 Å². The largest absolute Gasteiger partial charge is 0.410 e. The van der Waals surface area contributed by atoms with Gasteiger partial charge in [-0.2, -0.15) is 18.3 Å². The third kappa shape index (κ3) is 4.55. The van der Waals surface area contributed by atoms with Gasteiger partial charge in [0.25, 0.3) is 0 Å². The third-order valence-corrected chi connectivity index (χ3v) is 6.27. The van der Waals surface area contributed by atoms with Crippen molar-refractivity contribution in [3.63, 3.8) is 0 Å². The second-order valence-electron chi connectivity index (χ2n) is 8.78. The van der Waals surface area contributed by atoms with E-state index >= 15 is 0 Å². The van der Waals surface area contributed by atoms with Crippen LogP contribution in [0.15, 0.2) is 30.5 Å². The van der Waals surface area contributed by atoms with E-state index in [0.29, 0.717) is 30.2 Å². The van der Waals surface area contributed by atoms with E-state index in [9.17, 15) is 18.0 Å². The molecule has 0 bridgehead atoms. The molecule has 0 radical (unpaired) electrons. The fourth-order valence-electron chi connectivity index (χ4n) is 4.52. The van der Waals surface area contributed by atoms with E-state index in [-0.39, 0.29) is 36.8 Å². The Balaban J connectivity index is 1.61. The van der Waals surface area contributed by atoms with Gasteiger partial charge in [-0.3, -0.25) is 9.78 Å². The van der Waals surface area contributed by atoms with Crippen molar-refractivity contribution in [2.75, 3.05) is 11.9 Å². The number of amides is 1. The Labute approximate surface area is 179 Å². The minimum atomic E-state index is -4.38. The minimum Gasteiger partial charge on any atom is -0.367 e. The molecule has 9 heteroatoms. The lowest BCUT2D eigenvalue weighted by molar-refractivity contribution is -0.174. The monoisotopic (exact) mass is 435 g/mol. The number of nitrogens with one attached hydrogen (secondary N) is 1. The number of alkyl halides is 3. The molecule has 3 atom stereocenters. The maximum atomic E-state index is 13.8. The lowest BCUT2D eigenvalue weighted by Crippen LogP contribution is -2.41. The molecule has 4 rings (SSSR count). The van der Waals surface area contributed by atoms with Gasteiger partial charge in [0.1, 0.15) is 5.82 Å². The molecule has 6 nitrogen and oxygen atoms in total. The zero-order valence-corrected chi connectivity index (χ0v) is 17.8. The summed E-state index contributed by atoms with van der Waals surface area (Å²) in [6.45, 7) is 4.40. The van der Waals surface area contributed by atoms with E-state index in [1.165, 1.54) is 0 Å². The van der Waals surface area contributed by atoms with Gasteiger partial charge in [-0.05, 0) is 43.7 Å². The summed E-state index contributed by atoms with van der Waals surface area (Å²) < 4.78 is 42.5. The maximum Gasteiger partial charge on any atom is 0.410 e. The van der Waals surface area contributed by atoms with E-state index in [2.05, 4.69) is 15.4 Å². The molecule has 31 heavy (non-hydrogen) atoms. The molecule has 4 heterocycles. The van der Waals surface area contributed by atoms with Crippen LogP contribution < -0.4 is 5.32 Å². The van der Waals surface area contributed by atoms with Crippen LogP contribution in [0.25, 0.3) is 0 Å². The van der Waals surface area contributed by atoms with E-state index in [1.54, 1.807) is 29.3 Å². The van der Waals surface area contributed by atoms with Crippen LogP contribution in [0.3, 0.4) is 0 Å². The van der Waals surface area contributed by atoms with E-state index in [1.807, 2.05) is 19.9 Å². The summed E-state index contributed by atoms with van der Waals surface area (Å²) in [6, 6.07) is 4.86. The van der Waals surface area contributed by atoms with Crippen LogP contribution in [0.5, 0.6) is 0 Å². The van der Waals surface area contributed by atoms with E-state index in [4.69, 9.17) is 0 Å². The zero-order valence-electron chi connectivity index (χ0n) is 17.8. The number of hydrogen-bond acceptors (Lipinski definition) is 4. The first-order valence-corrected chi connectivity index (χ1v) is 10.9. The molecule has 168 valence electrons. The molecule has 2 aliphatic rings. The lowest BCUT2D eigenvalue weighted by Gasteiger charge is -2.35. The SMILES string of the molecule is CC(C)[C@@H]1C[C@H](C(F)(F)F)n2nc(C3CCCCN3C(=O)Cc3ccccn3)cc2N1. The molecule has 0 saturated carbocycles. The van der Waals surface area contributed by atoms with Gasteiger partial charge in [0.05, 0.1) is 18.2 Å². The second kappa shape index (κ2) is 8.51. The number of rotatable bonds is 4. The van der Waals surface area contributed by atoms with Crippen LogP contribution in [0, 0.1) is 5.92 Å². The number of carbonyl (C=O) groups is 1. The first-order chi connectivity index (χ1) is 14.7. The molecular formula is C22H28F3N5O. The number of likely N-dealkylation sites (tertiary alicyclic amines) is 1. The fourth-order valence-corrected chi connectivity index (χ4v) is 4.52. The maximum absolute atomic E-state index is 13.8. The summed E-state index contributed by atoms with van der Waals surface area (Å²) in [4.78, 5) is 19.0. The first kappa shape index (κ1) is 21.6. The molecule has 0 spiro atoms. The van der Waals surface area contributed by atoms with Gasteiger partial charge in [0.15, 0.2) is 6.04 Å². The standard InChI is InChI=1S/C22H28F3N5O/c1-14(2)16-12-19(22(23,24)25)30-20(27-16)13-17(28-30)18-8-4-6-10-29(18)21(31)11-15-7-3-5-9-26-15/h3,5,7,9,13-14,16,18-19,27H,4,6,8,10-12H2,1-2H3/t16-,18?,19+/m0/s1. The quantitative estimate of drug-likeness (QED) is 0.767. The van der Waals surface area contributed by atoms with Crippen LogP contribution in [-0.2, 0) is 11.2 Å². The molecule has 1 unspecified atom stereocenters. The predicted octanol–water partition coefficient (Wildman–Crippen LogP) is 4.52. The summed E-state index contributed by atoms with van der Waals surface area (Å²) in [7, 11) is 0. The fraction of sp³-hybridized carbons (Fsp3) is 0.591. The Hall–Kier alpha value is -2.58. The number of anilines is 1. The van der Waals surface area contributed by atoms with E-state index in [0.717, 1.165) is 17.5 Å². The van der Waals surface area contributed by atoms with Crippen molar-refractivity contribution >= 4 is 11.7 Å². The van der Waals surface area contributed by atoms with Gasteiger partial charge < -0.3 is 10.2 Å². The molecule has 0 aliphatic carbocycles. The molecule has 1 fully saturated rings. The molecule has 1 saturated heterocycles.